The second-order valence-corrected chi connectivity index (χ2v) is 6.67. The fourth-order valence-corrected chi connectivity index (χ4v) is 4.03. The van der Waals surface area contributed by atoms with Crippen LogP contribution in [0, 0.1) is 0 Å². The number of thiazole rings is 1. The maximum atomic E-state index is 6.06. The molecule has 1 aromatic carbocycles. The lowest BCUT2D eigenvalue weighted by atomic mass is 10.3. The summed E-state index contributed by atoms with van der Waals surface area (Å²) >= 11 is 3.55. The molecule has 1 atom stereocenters. The average molecular weight is 306 g/mol. The third-order valence-electron chi connectivity index (χ3n) is 3.09. The predicted molar refractivity (Wildman–Crippen MR) is 84.6 cm³/mol. The van der Waals surface area contributed by atoms with E-state index in [-0.39, 0.29) is 6.10 Å². The number of ether oxygens (including phenoxy) is 1. The lowest BCUT2D eigenvalue weighted by Gasteiger charge is -2.23. The Balaban J connectivity index is 1.66. The molecule has 106 valence electrons. The van der Waals surface area contributed by atoms with E-state index in [1.165, 1.54) is 4.90 Å². The summed E-state index contributed by atoms with van der Waals surface area (Å²) in [6.07, 6.45) is 1.23. The van der Waals surface area contributed by atoms with Gasteiger partial charge in [0.2, 0.25) is 0 Å². The minimum Gasteiger partial charge on any atom is -0.481 e. The summed E-state index contributed by atoms with van der Waals surface area (Å²) in [5.41, 5.74) is 1.12. The minimum atomic E-state index is 0.0832. The zero-order valence-electron chi connectivity index (χ0n) is 11.5. The Hall–Kier alpha value is -1.04. The molecular weight excluding hydrogens is 288 g/mol. The van der Waals surface area contributed by atoms with Gasteiger partial charge in [-0.25, -0.2) is 4.98 Å². The van der Waals surface area contributed by atoms with E-state index < -0.39 is 0 Å². The molecule has 3 rings (SSSR count). The van der Waals surface area contributed by atoms with Gasteiger partial charge in [-0.1, -0.05) is 19.1 Å². The Labute approximate surface area is 127 Å². The fraction of sp³-hybridized carbons (Fsp3) is 0.400. The van der Waals surface area contributed by atoms with Gasteiger partial charge < -0.3 is 10.1 Å². The van der Waals surface area contributed by atoms with Gasteiger partial charge in [-0.15, -0.1) is 23.1 Å². The second kappa shape index (κ2) is 6.61. The van der Waals surface area contributed by atoms with Crippen LogP contribution in [0.25, 0.3) is 0 Å². The van der Waals surface area contributed by atoms with Crippen molar-refractivity contribution in [3.63, 3.8) is 0 Å². The molecular formula is C15H18N2OS2. The summed E-state index contributed by atoms with van der Waals surface area (Å²) in [7, 11) is 0. The Morgan fingerprint density at radius 1 is 1.40 bits per heavy atom. The SMILES string of the molecule is CCCNCc1csc(C2CSc3ccccc3O2)n1. The number of hydrogen-bond acceptors (Lipinski definition) is 5. The van der Waals surface area contributed by atoms with Crippen molar-refractivity contribution < 1.29 is 4.74 Å². The van der Waals surface area contributed by atoms with E-state index in [1.54, 1.807) is 11.3 Å². The predicted octanol–water partition coefficient (Wildman–Crippen LogP) is 3.87. The third-order valence-corrected chi connectivity index (χ3v) is 5.19. The molecule has 2 aromatic rings. The van der Waals surface area contributed by atoms with Gasteiger partial charge in [-0.05, 0) is 25.1 Å². The van der Waals surface area contributed by atoms with Crippen LogP contribution in [0.3, 0.4) is 0 Å². The van der Waals surface area contributed by atoms with Gasteiger partial charge in [0.15, 0.2) is 6.10 Å². The highest BCUT2D eigenvalue weighted by Crippen LogP contribution is 2.40. The zero-order valence-corrected chi connectivity index (χ0v) is 13.1. The molecule has 0 aliphatic carbocycles. The minimum absolute atomic E-state index is 0.0832. The molecule has 0 amide bonds. The smallest absolute Gasteiger partial charge is 0.159 e. The van der Waals surface area contributed by atoms with Gasteiger partial charge in [0.1, 0.15) is 10.8 Å². The van der Waals surface area contributed by atoms with E-state index in [9.17, 15) is 0 Å². The van der Waals surface area contributed by atoms with E-state index in [1.807, 2.05) is 23.9 Å². The van der Waals surface area contributed by atoms with Crippen molar-refractivity contribution in [2.24, 2.45) is 0 Å². The van der Waals surface area contributed by atoms with Gasteiger partial charge in [-0.3, -0.25) is 0 Å². The number of thioether (sulfide) groups is 1. The third kappa shape index (κ3) is 3.16. The van der Waals surface area contributed by atoms with Gasteiger partial charge in [0.25, 0.3) is 0 Å². The summed E-state index contributed by atoms with van der Waals surface area (Å²) in [6, 6.07) is 8.21. The first-order chi connectivity index (χ1) is 9.86. The first-order valence-electron chi connectivity index (χ1n) is 6.90. The Morgan fingerprint density at radius 3 is 3.20 bits per heavy atom. The van der Waals surface area contributed by atoms with Crippen molar-refractivity contribution in [3.05, 3.63) is 40.3 Å². The molecule has 20 heavy (non-hydrogen) atoms. The van der Waals surface area contributed by atoms with Crippen LogP contribution in [0.4, 0.5) is 0 Å². The molecule has 1 aromatic heterocycles. The lowest BCUT2D eigenvalue weighted by Crippen LogP contribution is -2.16. The molecule has 5 heteroatoms. The number of nitrogens with one attached hydrogen (secondary N) is 1. The largest absolute Gasteiger partial charge is 0.481 e. The van der Waals surface area contributed by atoms with Crippen LogP contribution in [0.2, 0.25) is 0 Å². The Morgan fingerprint density at radius 2 is 2.30 bits per heavy atom. The molecule has 0 fully saturated rings. The summed E-state index contributed by atoms with van der Waals surface area (Å²) < 4.78 is 6.06. The molecule has 1 unspecified atom stereocenters. The Bertz CT molecular complexity index is 571. The summed E-state index contributed by atoms with van der Waals surface area (Å²) in [4.78, 5) is 5.92. The number of hydrogen-bond donors (Lipinski definition) is 1. The number of fused-ring (bicyclic) bond motifs is 1. The number of rotatable bonds is 5. The van der Waals surface area contributed by atoms with Crippen LogP contribution >= 0.6 is 23.1 Å². The lowest BCUT2D eigenvalue weighted by molar-refractivity contribution is 0.219. The van der Waals surface area contributed by atoms with Gasteiger partial charge in [0.05, 0.1) is 5.69 Å². The monoisotopic (exact) mass is 306 g/mol. The van der Waals surface area contributed by atoms with Crippen molar-refractivity contribution in [3.8, 4) is 5.75 Å². The van der Waals surface area contributed by atoms with E-state index in [0.29, 0.717) is 0 Å². The van der Waals surface area contributed by atoms with Crippen LogP contribution in [-0.4, -0.2) is 17.3 Å². The van der Waals surface area contributed by atoms with Crippen LogP contribution in [0.5, 0.6) is 5.75 Å². The first kappa shape index (κ1) is 13.9. The van der Waals surface area contributed by atoms with Crippen LogP contribution in [0.1, 0.15) is 30.2 Å². The number of benzene rings is 1. The van der Waals surface area contributed by atoms with E-state index in [2.05, 4.69) is 29.8 Å². The number of aromatic nitrogens is 1. The fourth-order valence-electron chi connectivity index (χ4n) is 2.09. The molecule has 2 heterocycles. The maximum Gasteiger partial charge on any atom is 0.159 e. The molecule has 0 saturated heterocycles. The van der Waals surface area contributed by atoms with E-state index in [0.717, 1.165) is 41.7 Å². The molecule has 1 N–H and O–H groups in total. The molecule has 1 aliphatic rings. The van der Waals surface area contributed by atoms with Gasteiger partial charge >= 0.3 is 0 Å². The van der Waals surface area contributed by atoms with Gasteiger partial charge in [-0.2, -0.15) is 0 Å². The number of nitrogens with zero attached hydrogens (tertiary/aromatic N) is 1. The molecule has 1 aliphatic heterocycles. The highest BCUT2D eigenvalue weighted by molar-refractivity contribution is 7.99. The highest BCUT2D eigenvalue weighted by Gasteiger charge is 2.24. The summed E-state index contributed by atoms with van der Waals surface area (Å²) in [5.74, 6) is 1.92. The standard InChI is InChI=1S/C15H18N2OS2/c1-2-7-16-8-11-9-20-15(17-11)13-10-19-14-6-4-3-5-12(14)18-13/h3-6,9,13,16H,2,7-8,10H2,1H3. The number of para-hydroxylation sites is 1. The van der Waals surface area contributed by atoms with Crippen LogP contribution in [0.15, 0.2) is 34.5 Å². The summed E-state index contributed by atoms with van der Waals surface area (Å²) in [6.45, 7) is 4.06. The summed E-state index contributed by atoms with van der Waals surface area (Å²) in [5, 5.41) is 6.60. The molecule has 0 radical (unpaired) electrons. The Kier molecular flexibility index (Phi) is 4.60. The normalized spacial score (nSPS) is 17.6. The maximum absolute atomic E-state index is 6.06. The van der Waals surface area contributed by atoms with Gasteiger partial charge in [0, 0.05) is 22.6 Å². The van der Waals surface area contributed by atoms with Crippen molar-refractivity contribution in [1.29, 1.82) is 0 Å². The molecule has 0 bridgehead atoms. The van der Waals surface area contributed by atoms with E-state index >= 15 is 0 Å². The molecule has 0 saturated carbocycles. The van der Waals surface area contributed by atoms with Crippen molar-refractivity contribution in [2.45, 2.75) is 30.9 Å². The highest BCUT2D eigenvalue weighted by atomic mass is 32.2. The van der Waals surface area contributed by atoms with Crippen LogP contribution in [-0.2, 0) is 6.54 Å². The zero-order chi connectivity index (χ0) is 13.8. The quantitative estimate of drug-likeness (QED) is 0.850. The van der Waals surface area contributed by atoms with E-state index in [4.69, 9.17) is 9.72 Å². The van der Waals surface area contributed by atoms with Crippen molar-refractivity contribution in [2.75, 3.05) is 12.3 Å². The van der Waals surface area contributed by atoms with Crippen LogP contribution < -0.4 is 10.1 Å². The molecule has 3 nitrogen and oxygen atoms in total. The topological polar surface area (TPSA) is 34.1 Å². The molecule has 0 spiro atoms. The first-order valence-corrected chi connectivity index (χ1v) is 8.77. The van der Waals surface area contributed by atoms with Crippen molar-refractivity contribution >= 4 is 23.1 Å². The average Bonchev–Trinajstić information content (AvgIpc) is 2.96. The van der Waals surface area contributed by atoms with Crippen molar-refractivity contribution in [1.82, 2.24) is 10.3 Å². The second-order valence-electron chi connectivity index (χ2n) is 4.72.